The number of nitrogens with zero attached hydrogens (tertiary/aromatic N) is 2. The molecule has 1 rings (SSSR count). The van der Waals surface area contributed by atoms with Crippen LogP contribution in [0.4, 0.5) is 5.69 Å². The summed E-state index contributed by atoms with van der Waals surface area (Å²) in [6, 6.07) is 3.93. The number of halogens is 1. The molecule has 0 spiro atoms. The van der Waals surface area contributed by atoms with Gasteiger partial charge >= 0.3 is 0 Å². The molecule has 0 saturated heterocycles. The summed E-state index contributed by atoms with van der Waals surface area (Å²) in [6.45, 7) is 3.17. The second-order valence-corrected chi connectivity index (χ2v) is 5.11. The van der Waals surface area contributed by atoms with Crippen LogP contribution in [0.5, 0.6) is 5.88 Å². The molecule has 0 amide bonds. The fraction of sp³-hybridized carbons (Fsp3) is 0.545. The van der Waals surface area contributed by atoms with E-state index in [2.05, 4.69) is 39.8 Å². The highest BCUT2D eigenvalue weighted by atomic mass is 79.9. The molecule has 0 radical (unpaired) electrons. The van der Waals surface area contributed by atoms with E-state index in [9.17, 15) is 0 Å². The van der Waals surface area contributed by atoms with E-state index in [0.717, 1.165) is 18.7 Å². The van der Waals surface area contributed by atoms with Crippen LogP contribution in [0.3, 0.4) is 0 Å². The monoisotopic (exact) mass is 272 g/mol. The first-order valence-electron chi connectivity index (χ1n) is 4.98. The van der Waals surface area contributed by atoms with E-state index in [4.69, 9.17) is 4.74 Å². The lowest BCUT2D eigenvalue weighted by atomic mass is 10.3. The molecule has 1 aromatic heterocycles. The molecule has 3 nitrogen and oxygen atoms in total. The van der Waals surface area contributed by atoms with Crippen LogP contribution in [0.15, 0.2) is 18.3 Å². The molecule has 0 fully saturated rings. The molecule has 0 saturated carbocycles. The van der Waals surface area contributed by atoms with Crippen molar-refractivity contribution in [1.82, 2.24) is 4.98 Å². The molecule has 4 heteroatoms. The fourth-order valence-electron chi connectivity index (χ4n) is 1.25. The summed E-state index contributed by atoms with van der Waals surface area (Å²) in [5.41, 5.74) is 1.13. The molecule has 0 aromatic carbocycles. The minimum Gasteiger partial charge on any atom is -0.481 e. The largest absolute Gasteiger partial charge is 0.481 e. The van der Waals surface area contributed by atoms with Crippen LogP contribution in [0.2, 0.25) is 0 Å². The number of hydrogen-bond acceptors (Lipinski definition) is 3. The van der Waals surface area contributed by atoms with Crippen LogP contribution in [-0.2, 0) is 0 Å². The van der Waals surface area contributed by atoms with Gasteiger partial charge in [-0.15, -0.1) is 0 Å². The smallest absolute Gasteiger partial charge is 0.214 e. The average molecular weight is 273 g/mol. The normalized spacial score (nSPS) is 12.3. The molecule has 1 unspecified atom stereocenters. The maximum absolute atomic E-state index is 5.08. The summed E-state index contributed by atoms with van der Waals surface area (Å²) in [5, 5.41) is 0. The van der Waals surface area contributed by atoms with Crippen molar-refractivity contribution >= 4 is 21.6 Å². The van der Waals surface area contributed by atoms with Crippen molar-refractivity contribution in [3.8, 4) is 5.88 Å². The summed E-state index contributed by atoms with van der Waals surface area (Å²) in [7, 11) is 3.71. The minimum absolute atomic E-state index is 0.545. The molecule has 0 N–H and O–H groups in total. The van der Waals surface area contributed by atoms with Gasteiger partial charge < -0.3 is 9.64 Å². The molecule has 0 aliphatic rings. The van der Waals surface area contributed by atoms with E-state index in [0.29, 0.717) is 10.7 Å². The number of anilines is 1. The first-order chi connectivity index (χ1) is 7.13. The van der Waals surface area contributed by atoms with Gasteiger partial charge in [-0.1, -0.05) is 22.9 Å². The van der Waals surface area contributed by atoms with Gasteiger partial charge in [0.15, 0.2) is 0 Å². The number of ether oxygens (including phenoxy) is 1. The Labute approximate surface area is 99.6 Å². The molecular formula is C11H17BrN2O. The Bertz CT molecular complexity index is 304. The maximum Gasteiger partial charge on any atom is 0.214 e. The molecule has 1 atom stereocenters. The molecule has 0 aliphatic heterocycles. The van der Waals surface area contributed by atoms with Crippen LogP contribution in [0.1, 0.15) is 13.3 Å². The Hall–Kier alpha value is -0.770. The van der Waals surface area contributed by atoms with Gasteiger partial charge in [-0.3, -0.25) is 0 Å². The van der Waals surface area contributed by atoms with Crippen LogP contribution in [0, 0.1) is 0 Å². The Morgan fingerprint density at radius 2 is 2.33 bits per heavy atom. The predicted molar refractivity (Wildman–Crippen MR) is 67.1 cm³/mol. The summed E-state index contributed by atoms with van der Waals surface area (Å²) in [4.78, 5) is 6.82. The van der Waals surface area contributed by atoms with Crippen molar-refractivity contribution in [2.24, 2.45) is 0 Å². The molecule has 84 valence electrons. The quantitative estimate of drug-likeness (QED) is 0.771. The summed E-state index contributed by atoms with van der Waals surface area (Å²) >= 11 is 3.54. The van der Waals surface area contributed by atoms with Gasteiger partial charge in [-0.2, -0.15) is 0 Å². The van der Waals surface area contributed by atoms with Gasteiger partial charge in [-0.25, -0.2) is 4.98 Å². The third-order valence-corrected chi connectivity index (χ3v) is 2.69. The topological polar surface area (TPSA) is 25.4 Å². The Balaban J connectivity index is 2.60. The molecule has 1 heterocycles. The summed E-state index contributed by atoms with van der Waals surface area (Å²) in [6.07, 6.45) is 2.88. The van der Waals surface area contributed by atoms with Crippen LogP contribution < -0.4 is 9.64 Å². The minimum atomic E-state index is 0.545. The lowest BCUT2D eigenvalue weighted by molar-refractivity contribution is 0.398. The zero-order chi connectivity index (χ0) is 11.3. The van der Waals surface area contributed by atoms with Crippen molar-refractivity contribution in [2.75, 3.05) is 25.6 Å². The molecule has 15 heavy (non-hydrogen) atoms. The van der Waals surface area contributed by atoms with Crippen molar-refractivity contribution in [2.45, 2.75) is 18.2 Å². The highest BCUT2D eigenvalue weighted by Gasteiger charge is 2.04. The zero-order valence-electron chi connectivity index (χ0n) is 9.40. The van der Waals surface area contributed by atoms with Gasteiger partial charge in [0.25, 0.3) is 0 Å². The number of methoxy groups -OCH3 is 1. The first-order valence-corrected chi connectivity index (χ1v) is 5.90. The van der Waals surface area contributed by atoms with Crippen LogP contribution in [-0.4, -0.2) is 30.5 Å². The predicted octanol–water partition coefficient (Wildman–Crippen LogP) is 2.70. The zero-order valence-corrected chi connectivity index (χ0v) is 11.0. The van der Waals surface area contributed by atoms with Crippen LogP contribution in [0.25, 0.3) is 0 Å². The van der Waals surface area contributed by atoms with E-state index in [1.54, 1.807) is 13.3 Å². The van der Waals surface area contributed by atoms with Crippen molar-refractivity contribution < 1.29 is 4.74 Å². The van der Waals surface area contributed by atoms with E-state index < -0.39 is 0 Å². The van der Waals surface area contributed by atoms with Crippen LogP contribution >= 0.6 is 15.9 Å². The second kappa shape index (κ2) is 5.95. The number of hydrogen-bond donors (Lipinski definition) is 0. The highest BCUT2D eigenvalue weighted by molar-refractivity contribution is 9.09. The fourth-order valence-corrected chi connectivity index (χ4v) is 1.45. The van der Waals surface area contributed by atoms with Gasteiger partial charge in [0.05, 0.1) is 7.11 Å². The van der Waals surface area contributed by atoms with E-state index in [1.807, 2.05) is 12.1 Å². The number of aromatic nitrogens is 1. The highest BCUT2D eigenvalue weighted by Crippen LogP contribution is 2.18. The Morgan fingerprint density at radius 3 is 2.93 bits per heavy atom. The molecule has 0 bridgehead atoms. The van der Waals surface area contributed by atoms with E-state index in [-0.39, 0.29) is 0 Å². The maximum atomic E-state index is 5.08. The van der Waals surface area contributed by atoms with Crippen molar-refractivity contribution in [3.05, 3.63) is 18.3 Å². The molecule has 1 aromatic rings. The van der Waals surface area contributed by atoms with E-state index in [1.165, 1.54) is 0 Å². The summed E-state index contributed by atoms with van der Waals surface area (Å²) in [5.74, 6) is 0.659. The molecule has 0 aliphatic carbocycles. The first kappa shape index (κ1) is 12.3. The lowest BCUT2D eigenvalue weighted by Crippen LogP contribution is -2.20. The van der Waals surface area contributed by atoms with E-state index >= 15 is 0 Å². The lowest BCUT2D eigenvalue weighted by Gasteiger charge is -2.20. The van der Waals surface area contributed by atoms with Gasteiger partial charge in [0.1, 0.15) is 0 Å². The van der Waals surface area contributed by atoms with Gasteiger partial charge in [-0.05, 0) is 12.5 Å². The third-order valence-electron chi connectivity index (χ3n) is 2.23. The third kappa shape index (κ3) is 4.08. The second-order valence-electron chi connectivity index (χ2n) is 3.55. The average Bonchev–Trinajstić information content (AvgIpc) is 2.26. The SMILES string of the molecule is COc1cc(N(C)CCC(C)Br)ccn1. The summed E-state index contributed by atoms with van der Waals surface area (Å²) < 4.78 is 5.08. The van der Waals surface area contributed by atoms with Crippen molar-refractivity contribution in [3.63, 3.8) is 0 Å². The number of rotatable bonds is 5. The standard InChI is InChI=1S/C11H17BrN2O/c1-9(12)5-7-14(2)10-4-6-13-11(8-10)15-3/h4,6,8-9H,5,7H2,1-3H3. The number of alkyl halides is 1. The molecular weight excluding hydrogens is 256 g/mol. The van der Waals surface area contributed by atoms with Crippen molar-refractivity contribution in [1.29, 1.82) is 0 Å². The van der Waals surface area contributed by atoms with Gasteiger partial charge in [0.2, 0.25) is 5.88 Å². The van der Waals surface area contributed by atoms with Gasteiger partial charge in [0, 0.05) is 36.4 Å². The number of pyridine rings is 1. The Kier molecular flexibility index (Phi) is 4.88. The Morgan fingerprint density at radius 1 is 1.60 bits per heavy atom.